The van der Waals surface area contributed by atoms with Crippen LogP contribution in [0.25, 0.3) is 11.1 Å². The highest BCUT2D eigenvalue weighted by molar-refractivity contribution is 5.72. The predicted octanol–water partition coefficient (Wildman–Crippen LogP) is 4.02. The van der Waals surface area contributed by atoms with Crippen molar-refractivity contribution in [2.24, 2.45) is 0 Å². The van der Waals surface area contributed by atoms with Crippen LogP contribution in [-0.4, -0.2) is 31.5 Å². The quantitative estimate of drug-likeness (QED) is 0.779. The van der Waals surface area contributed by atoms with E-state index in [2.05, 4.69) is 11.4 Å². The van der Waals surface area contributed by atoms with Gasteiger partial charge in [0, 0.05) is 12.7 Å². The Morgan fingerprint density at radius 3 is 2.88 bits per heavy atom. The van der Waals surface area contributed by atoms with Gasteiger partial charge in [0.25, 0.3) is 0 Å². The van der Waals surface area contributed by atoms with Crippen LogP contribution >= 0.6 is 0 Å². The van der Waals surface area contributed by atoms with Gasteiger partial charge < -0.3 is 19.9 Å². The second-order valence-electron chi connectivity index (χ2n) is 6.15. The molecule has 0 spiro atoms. The Morgan fingerprint density at radius 2 is 2.08 bits per heavy atom. The maximum Gasteiger partial charge on any atom is 0.405 e. The van der Waals surface area contributed by atoms with Crippen molar-refractivity contribution in [2.45, 2.75) is 25.3 Å². The van der Waals surface area contributed by atoms with E-state index in [9.17, 15) is 4.79 Å². The van der Waals surface area contributed by atoms with E-state index >= 15 is 0 Å². The molecule has 1 aliphatic carbocycles. The number of benzene rings is 2. The van der Waals surface area contributed by atoms with Gasteiger partial charge in [0.15, 0.2) is 0 Å². The number of hydrogen-bond acceptors (Lipinski definition) is 3. The Kier molecular flexibility index (Phi) is 5.56. The van der Waals surface area contributed by atoms with E-state index in [1.807, 2.05) is 36.4 Å². The molecule has 0 aliphatic heterocycles. The smallest absolute Gasteiger partial charge is 0.405 e. The Labute approximate surface area is 147 Å². The number of amides is 1. The molecule has 132 valence electrons. The summed E-state index contributed by atoms with van der Waals surface area (Å²) in [5.41, 5.74) is 4.40. The Hall–Kier alpha value is -2.53. The molecule has 1 aliphatic rings. The molecule has 3 rings (SSSR count). The Morgan fingerprint density at radius 1 is 1.24 bits per heavy atom. The molecule has 0 radical (unpaired) electrons. The van der Waals surface area contributed by atoms with E-state index in [-0.39, 0.29) is 6.04 Å². The number of ether oxygens (including phenoxy) is 2. The van der Waals surface area contributed by atoms with E-state index in [4.69, 9.17) is 14.6 Å². The summed E-state index contributed by atoms with van der Waals surface area (Å²) in [6.45, 7) is 1.05. The van der Waals surface area contributed by atoms with Crippen LogP contribution < -0.4 is 10.1 Å². The number of carbonyl (C=O) groups is 1. The number of methoxy groups -OCH3 is 1. The second kappa shape index (κ2) is 8.03. The van der Waals surface area contributed by atoms with E-state index in [1.165, 1.54) is 5.56 Å². The molecule has 1 amide bonds. The first-order valence-electron chi connectivity index (χ1n) is 8.52. The van der Waals surface area contributed by atoms with Crippen molar-refractivity contribution >= 4 is 6.09 Å². The largest absolute Gasteiger partial charge is 0.491 e. The minimum atomic E-state index is -0.973. The minimum absolute atomic E-state index is 0.122. The van der Waals surface area contributed by atoms with Crippen molar-refractivity contribution in [1.29, 1.82) is 0 Å². The number of rotatable bonds is 6. The molecule has 0 saturated heterocycles. The van der Waals surface area contributed by atoms with Gasteiger partial charge in [0.2, 0.25) is 0 Å². The third-order valence-electron chi connectivity index (χ3n) is 4.50. The van der Waals surface area contributed by atoms with Crippen LogP contribution in [0.1, 0.15) is 30.0 Å². The lowest BCUT2D eigenvalue weighted by Gasteiger charge is -2.26. The average Bonchev–Trinajstić information content (AvgIpc) is 2.62. The predicted molar refractivity (Wildman–Crippen MR) is 96.1 cm³/mol. The molecule has 0 fully saturated rings. The molecule has 0 aromatic heterocycles. The van der Waals surface area contributed by atoms with Gasteiger partial charge in [-0.15, -0.1) is 0 Å². The van der Waals surface area contributed by atoms with Gasteiger partial charge in [0.05, 0.1) is 12.6 Å². The van der Waals surface area contributed by atoms with Gasteiger partial charge in [-0.2, -0.15) is 0 Å². The highest BCUT2D eigenvalue weighted by atomic mass is 16.5. The molecule has 5 heteroatoms. The van der Waals surface area contributed by atoms with Crippen LogP contribution in [0.5, 0.6) is 5.75 Å². The first-order chi connectivity index (χ1) is 12.2. The molecule has 2 aromatic rings. The van der Waals surface area contributed by atoms with E-state index < -0.39 is 6.09 Å². The standard InChI is InChI=1S/C20H23NO4/c1-24-11-12-25-19-8-3-2-6-17(19)15-9-10-16-14(13-15)5-4-7-18(16)21-20(22)23/h2-3,6,8-10,13,18,21H,4-5,7,11-12H2,1H3,(H,22,23). The number of fused-ring (bicyclic) bond motifs is 1. The van der Waals surface area contributed by atoms with E-state index in [1.54, 1.807) is 7.11 Å². The zero-order chi connectivity index (χ0) is 17.6. The Bertz CT molecular complexity index is 744. The van der Waals surface area contributed by atoms with Crippen molar-refractivity contribution in [3.63, 3.8) is 0 Å². The fourth-order valence-corrected chi connectivity index (χ4v) is 3.35. The summed E-state index contributed by atoms with van der Waals surface area (Å²) in [6, 6.07) is 14.1. The number of carboxylic acid groups (broad SMARTS) is 1. The minimum Gasteiger partial charge on any atom is -0.491 e. The van der Waals surface area contributed by atoms with Crippen molar-refractivity contribution < 1.29 is 19.4 Å². The van der Waals surface area contributed by atoms with Gasteiger partial charge >= 0.3 is 6.09 Å². The molecule has 5 nitrogen and oxygen atoms in total. The van der Waals surface area contributed by atoms with Crippen molar-refractivity contribution in [2.75, 3.05) is 20.3 Å². The van der Waals surface area contributed by atoms with Crippen LogP contribution in [0.2, 0.25) is 0 Å². The highest BCUT2D eigenvalue weighted by Crippen LogP contribution is 2.35. The Balaban J connectivity index is 1.88. The zero-order valence-corrected chi connectivity index (χ0v) is 14.3. The second-order valence-corrected chi connectivity index (χ2v) is 6.15. The molecule has 0 saturated carbocycles. The normalized spacial score (nSPS) is 16.1. The third-order valence-corrected chi connectivity index (χ3v) is 4.50. The van der Waals surface area contributed by atoms with Gasteiger partial charge in [0.1, 0.15) is 12.4 Å². The lowest BCUT2D eigenvalue weighted by atomic mass is 9.85. The summed E-state index contributed by atoms with van der Waals surface area (Å²) in [4.78, 5) is 11.0. The molecular weight excluding hydrogens is 318 g/mol. The molecule has 1 unspecified atom stereocenters. The summed E-state index contributed by atoms with van der Waals surface area (Å²) in [5.74, 6) is 0.829. The van der Waals surface area contributed by atoms with Crippen LogP contribution in [0, 0.1) is 0 Å². The van der Waals surface area contributed by atoms with Gasteiger partial charge in [-0.25, -0.2) is 4.79 Å². The first kappa shape index (κ1) is 17.3. The van der Waals surface area contributed by atoms with Crippen LogP contribution in [-0.2, 0) is 11.2 Å². The van der Waals surface area contributed by atoms with Gasteiger partial charge in [-0.05, 0) is 42.0 Å². The van der Waals surface area contributed by atoms with Gasteiger partial charge in [-0.3, -0.25) is 0 Å². The third kappa shape index (κ3) is 4.12. The monoisotopic (exact) mass is 341 g/mol. The van der Waals surface area contributed by atoms with Crippen LogP contribution in [0.4, 0.5) is 4.79 Å². The van der Waals surface area contributed by atoms with E-state index in [0.29, 0.717) is 13.2 Å². The van der Waals surface area contributed by atoms with Crippen molar-refractivity contribution in [3.8, 4) is 16.9 Å². The number of para-hydroxylation sites is 1. The molecule has 1 atom stereocenters. The van der Waals surface area contributed by atoms with Crippen LogP contribution in [0.15, 0.2) is 42.5 Å². The molecule has 25 heavy (non-hydrogen) atoms. The van der Waals surface area contributed by atoms with Crippen LogP contribution in [0.3, 0.4) is 0 Å². The molecule has 0 bridgehead atoms. The molecule has 2 aromatic carbocycles. The van der Waals surface area contributed by atoms with Gasteiger partial charge in [-0.1, -0.05) is 36.4 Å². The number of nitrogens with one attached hydrogen (secondary N) is 1. The SMILES string of the molecule is COCCOc1ccccc1-c1ccc2c(c1)CCCC2NC(=O)O. The van der Waals surface area contributed by atoms with E-state index in [0.717, 1.165) is 41.7 Å². The number of hydrogen-bond donors (Lipinski definition) is 2. The average molecular weight is 341 g/mol. The fraction of sp³-hybridized carbons (Fsp3) is 0.350. The summed E-state index contributed by atoms with van der Waals surface area (Å²) < 4.78 is 10.9. The summed E-state index contributed by atoms with van der Waals surface area (Å²) in [6.07, 6.45) is 1.81. The highest BCUT2D eigenvalue weighted by Gasteiger charge is 2.22. The molecular formula is C20H23NO4. The molecule has 0 heterocycles. The maximum absolute atomic E-state index is 11.0. The lowest BCUT2D eigenvalue weighted by molar-refractivity contribution is 0.146. The topological polar surface area (TPSA) is 67.8 Å². The fourth-order valence-electron chi connectivity index (χ4n) is 3.35. The lowest BCUT2D eigenvalue weighted by Crippen LogP contribution is -2.29. The van der Waals surface area contributed by atoms with Crippen molar-refractivity contribution in [1.82, 2.24) is 5.32 Å². The maximum atomic E-state index is 11.0. The van der Waals surface area contributed by atoms with Crippen molar-refractivity contribution in [3.05, 3.63) is 53.6 Å². The molecule has 2 N–H and O–H groups in total. The summed E-state index contributed by atoms with van der Waals surface area (Å²) >= 11 is 0. The zero-order valence-electron chi connectivity index (χ0n) is 14.3. The summed E-state index contributed by atoms with van der Waals surface area (Å²) in [5, 5.41) is 11.6. The number of aryl methyl sites for hydroxylation is 1. The summed E-state index contributed by atoms with van der Waals surface area (Å²) in [7, 11) is 1.65. The first-order valence-corrected chi connectivity index (χ1v) is 8.52.